The van der Waals surface area contributed by atoms with Crippen LogP contribution in [-0.4, -0.2) is 33.7 Å². The Labute approximate surface area is 183 Å². The summed E-state index contributed by atoms with van der Waals surface area (Å²) in [6.45, 7) is 1.73. The Morgan fingerprint density at radius 2 is 1.84 bits per heavy atom. The molecule has 1 amide bonds. The van der Waals surface area contributed by atoms with Gasteiger partial charge in [-0.05, 0) is 49.4 Å². The molecule has 1 aromatic carbocycles. The van der Waals surface area contributed by atoms with Crippen molar-refractivity contribution >= 4 is 44.8 Å². The molecular formula is C20H17ClN6O3S. The Bertz CT molecular complexity index is 1370. The van der Waals surface area contributed by atoms with E-state index in [9.17, 15) is 13.2 Å². The Balaban J connectivity index is 1.42. The molecule has 0 radical (unpaired) electrons. The summed E-state index contributed by atoms with van der Waals surface area (Å²) in [7, 11) is -3.85. The maximum absolute atomic E-state index is 12.5. The summed E-state index contributed by atoms with van der Waals surface area (Å²) in [6.07, 6.45) is 4.97. The van der Waals surface area contributed by atoms with Crippen LogP contribution >= 0.6 is 11.6 Å². The van der Waals surface area contributed by atoms with E-state index in [1.54, 1.807) is 41.9 Å². The molecule has 158 valence electrons. The Hall–Kier alpha value is -3.50. The molecule has 0 saturated carbocycles. The van der Waals surface area contributed by atoms with E-state index in [1.807, 2.05) is 0 Å². The smallest absolute Gasteiger partial charge is 0.264 e. The molecule has 11 heteroatoms. The number of sulfonamides is 1. The van der Waals surface area contributed by atoms with Crippen LogP contribution in [-0.2, 0) is 21.2 Å². The predicted molar refractivity (Wildman–Crippen MR) is 117 cm³/mol. The molecule has 3 aromatic heterocycles. The first-order valence-electron chi connectivity index (χ1n) is 9.14. The summed E-state index contributed by atoms with van der Waals surface area (Å²) < 4.78 is 29.1. The van der Waals surface area contributed by atoms with E-state index in [0.717, 1.165) is 0 Å². The number of carbonyl (C=O) groups is 1. The number of hydrogen-bond donors (Lipinski definition) is 2. The quantitative estimate of drug-likeness (QED) is 0.460. The number of carbonyl (C=O) groups excluding carboxylic acids is 1. The first kappa shape index (κ1) is 20.8. The minimum absolute atomic E-state index is 0.00822. The number of benzene rings is 1. The average molecular weight is 457 g/mol. The molecule has 0 fully saturated rings. The fourth-order valence-corrected chi connectivity index (χ4v) is 3.99. The number of anilines is 2. The zero-order chi connectivity index (χ0) is 22.0. The molecule has 0 spiro atoms. The van der Waals surface area contributed by atoms with Gasteiger partial charge in [0.25, 0.3) is 10.0 Å². The zero-order valence-electron chi connectivity index (χ0n) is 16.3. The third kappa shape index (κ3) is 4.98. The number of nitrogens with zero attached hydrogens (tertiary/aromatic N) is 4. The van der Waals surface area contributed by atoms with Gasteiger partial charge in [0, 0.05) is 30.0 Å². The van der Waals surface area contributed by atoms with Crippen LogP contribution in [0.2, 0.25) is 5.02 Å². The van der Waals surface area contributed by atoms with E-state index in [2.05, 4.69) is 25.0 Å². The summed E-state index contributed by atoms with van der Waals surface area (Å²) >= 11 is 5.96. The van der Waals surface area contributed by atoms with Gasteiger partial charge in [0.2, 0.25) is 11.9 Å². The first-order chi connectivity index (χ1) is 14.8. The number of aryl methyl sites for hydroxylation is 1. The number of amides is 1. The highest BCUT2D eigenvalue weighted by atomic mass is 35.5. The van der Waals surface area contributed by atoms with E-state index in [1.165, 1.54) is 30.5 Å². The summed E-state index contributed by atoms with van der Waals surface area (Å²) in [6, 6.07) is 10.9. The van der Waals surface area contributed by atoms with Crippen molar-refractivity contribution in [2.75, 3.05) is 10.0 Å². The maximum atomic E-state index is 12.5. The van der Waals surface area contributed by atoms with Crippen LogP contribution < -0.4 is 10.0 Å². The van der Waals surface area contributed by atoms with E-state index in [0.29, 0.717) is 27.7 Å². The second-order valence-corrected chi connectivity index (χ2v) is 8.84. The van der Waals surface area contributed by atoms with Gasteiger partial charge in [0.1, 0.15) is 5.65 Å². The van der Waals surface area contributed by atoms with E-state index < -0.39 is 10.0 Å². The van der Waals surface area contributed by atoms with Crippen molar-refractivity contribution in [1.82, 2.24) is 19.4 Å². The SMILES string of the molecule is Cc1ccnc(NS(=O)(=O)c2ccc(NC(=O)Cc3cn4cc(Cl)ccc4n3)cc2)n1. The summed E-state index contributed by atoms with van der Waals surface area (Å²) in [4.78, 5) is 24.7. The second-order valence-electron chi connectivity index (χ2n) is 6.72. The number of rotatable bonds is 6. The molecule has 0 bridgehead atoms. The van der Waals surface area contributed by atoms with Crippen molar-refractivity contribution in [2.24, 2.45) is 0 Å². The molecule has 4 aromatic rings. The first-order valence-corrected chi connectivity index (χ1v) is 11.0. The molecular weight excluding hydrogens is 440 g/mol. The maximum Gasteiger partial charge on any atom is 0.264 e. The minimum Gasteiger partial charge on any atom is -0.326 e. The van der Waals surface area contributed by atoms with Crippen molar-refractivity contribution in [3.05, 3.63) is 77.5 Å². The van der Waals surface area contributed by atoms with Gasteiger partial charge in [0.05, 0.1) is 22.0 Å². The topological polar surface area (TPSA) is 118 Å². The fourth-order valence-electron chi connectivity index (χ4n) is 2.87. The lowest BCUT2D eigenvalue weighted by Crippen LogP contribution is -2.16. The monoisotopic (exact) mass is 456 g/mol. The summed E-state index contributed by atoms with van der Waals surface area (Å²) in [5, 5.41) is 3.30. The average Bonchev–Trinajstić information content (AvgIpc) is 3.09. The number of imidazole rings is 1. The highest BCUT2D eigenvalue weighted by Crippen LogP contribution is 2.17. The van der Waals surface area contributed by atoms with Crippen LogP contribution in [0.3, 0.4) is 0 Å². The lowest BCUT2D eigenvalue weighted by atomic mass is 10.3. The number of hydrogen-bond acceptors (Lipinski definition) is 6. The number of halogens is 1. The van der Waals surface area contributed by atoms with Gasteiger partial charge in [0.15, 0.2) is 0 Å². The predicted octanol–water partition coefficient (Wildman–Crippen LogP) is 3.07. The van der Waals surface area contributed by atoms with Gasteiger partial charge in [-0.3, -0.25) is 4.79 Å². The lowest BCUT2D eigenvalue weighted by Gasteiger charge is -2.08. The normalized spacial score (nSPS) is 11.4. The van der Waals surface area contributed by atoms with Crippen LogP contribution in [0.4, 0.5) is 11.6 Å². The highest BCUT2D eigenvalue weighted by Gasteiger charge is 2.16. The molecule has 4 rings (SSSR count). The van der Waals surface area contributed by atoms with Crippen molar-refractivity contribution in [2.45, 2.75) is 18.2 Å². The highest BCUT2D eigenvalue weighted by molar-refractivity contribution is 7.92. The van der Waals surface area contributed by atoms with Crippen molar-refractivity contribution in [3.63, 3.8) is 0 Å². The molecule has 3 heterocycles. The lowest BCUT2D eigenvalue weighted by molar-refractivity contribution is -0.115. The summed E-state index contributed by atoms with van der Waals surface area (Å²) in [5.74, 6) is -0.289. The van der Waals surface area contributed by atoms with Crippen molar-refractivity contribution < 1.29 is 13.2 Å². The number of fused-ring (bicyclic) bond motifs is 1. The molecule has 0 aliphatic carbocycles. The molecule has 0 aliphatic heterocycles. The Kier molecular flexibility index (Phi) is 5.57. The van der Waals surface area contributed by atoms with Gasteiger partial charge in [-0.1, -0.05) is 11.6 Å². The van der Waals surface area contributed by atoms with Crippen molar-refractivity contribution in [3.8, 4) is 0 Å². The van der Waals surface area contributed by atoms with Gasteiger partial charge in [-0.25, -0.2) is 28.1 Å². The van der Waals surface area contributed by atoms with Crippen LogP contribution in [0.25, 0.3) is 5.65 Å². The van der Waals surface area contributed by atoms with Gasteiger partial charge in [-0.2, -0.15) is 0 Å². The molecule has 2 N–H and O–H groups in total. The molecule has 31 heavy (non-hydrogen) atoms. The van der Waals surface area contributed by atoms with Gasteiger partial charge >= 0.3 is 0 Å². The largest absolute Gasteiger partial charge is 0.326 e. The van der Waals surface area contributed by atoms with Crippen LogP contribution in [0.15, 0.2) is 66.0 Å². The van der Waals surface area contributed by atoms with Gasteiger partial charge in [-0.15, -0.1) is 0 Å². The Morgan fingerprint density at radius 1 is 1.06 bits per heavy atom. The van der Waals surface area contributed by atoms with Crippen LogP contribution in [0.5, 0.6) is 0 Å². The molecule has 0 aliphatic rings. The second kappa shape index (κ2) is 8.32. The standard InChI is InChI=1S/C20H17ClN6O3S/c1-13-8-9-22-20(23-13)26-31(29,30)17-5-3-15(4-6-17)25-19(28)10-16-12-27-11-14(21)2-7-18(27)24-16/h2-9,11-12H,10H2,1H3,(H,25,28)(H,22,23,26). The number of aromatic nitrogens is 4. The van der Waals surface area contributed by atoms with Crippen molar-refractivity contribution in [1.29, 1.82) is 0 Å². The third-order valence-corrected chi connectivity index (χ3v) is 5.84. The zero-order valence-corrected chi connectivity index (χ0v) is 17.9. The minimum atomic E-state index is -3.85. The van der Waals surface area contributed by atoms with Gasteiger partial charge < -0.3 is 9.72 Å². The summed E-state index contributed by atoms with van der Waals surface area (Å²) in [5.41, 5.74) is 2.37. The molecule has 0 atom stereocenters. The molecule has 0 unspecified atom stereocenters. The number of pyridine rings is 1. The fraction of sp³-hybridized carbons (Fsp3) is 0.100. The van der Waals surface area contributed by atoms with E-state index >= 15 is 0 Å². The van der Waals surface area contributed by atoms with Crippen LogP contribution in [0.1, 0.15) is 11.4 Å². The Morgan fingerprint density at radius 3 is 2.58 bits per heavy atom. The van der Waals surface area contributed by atoms with E-state index in [4.69, 9.17) is 11.6 Å². The number of nitrogens with one attached hydrogen (secondary N) is 2. The third-order valence-electron chi connectivity index (χ3n) is 4.28. The molecule has 0 saturated heterocycles. The van der Waals surface area contributed by atoms with Crippen LogP contribution in [0, 0.1) is 6.92 Å². The van der Waals surface area contributed by atoms with E-state index in [-0.39, 0.29) is 23.2 Å². The molecule has 9 nitrogen and oxygen atoms in total.